The van der Waals surface area contributed by atoms with Gasteiger partial charge in [0.2, 0.25) is 0 Å². The average Bonchev–Trinajstić information content (AvgIpc) is 2.40. The highest BCUT2D eigenvalue weighted by Gasteiger charge is 2.25. The van der Waals surface area contributed by atoms with E-state index < -0.39 is 0 Å². The summed E-state index contributed by atoms with van der Waals surface area (Å²) in [6, 6.07) is 0. The number of hydrogen-bond acceptors (Lipinski definition) is 1. The molecular formula is C16H26O. The monoisotopic (exact) mass is 234 g/mol. The maximum absolute atomic E-state index is 5.86. The van der Waals surface area contributed by atoms with Gasteiger partial charge < -0.3 is 4.74 Å². The van der Waals surface area contributed by atoms with Crippen molar-refractivity contribution in [3.63, 3.8) is 0 Å². The average molecular weight is 234 g/mol. The molecule has 2 rings (SSSR count). The van der Waals surface area contributed by atoms with Gasteiger partial charge in [-0.25, -0.2) is 0 Å². The second-order valence-corrected chi connectivity index (χ2v) is 5.63. The summed E-state index contributed by atoms with van der Waals surface area (Å²) in [5.41, 5.74) is 1.58. The van der Waals surface area contributed by atoms with Crippen LogP contribution in [0, 0.1) is 11.8 Å². The summed E-state index contributed by atoms with van der Waals surface area (Å²) in [5.74, 6) is 1.57. The van der Waals surface area contributed by atoms with Gasteiger partial charge in [-0.15, -0.1) is 6.58 Å². The summed E-state index contributed by atoms with van der Waals surface area (Å²) in [6.07, 6.45) is 15.0. The highest BCUT2D eigenvalue weighted by Crippen LogP contribution is 2.37. The molecule has 0 spiro atoms. The van der Waals surface area contributed by atoms with Crippen molar-refractivity contribution in [3.8, 4) is 0 Å². The minimum Gasteiger partial charge on any atom is -0.498 e. The fraction of sp³-hybridized carbons (Fsp3) is 0.750. The van der Waals surface area contributed by atoms with Gasteiger partial charge in [-0.3, -0.25) is 0 Å². The molecule has 1 aliphatic heterocycles. The number of ether oxygens (including phenoxy) is 1. The van der Waals surface area contributed by atoms with Crippen molar-refractivity contribution in [3.05, 3.63) is 24.5 Å². The molecule has 0 aromatic heterocycles. The van der Waals surface area contributed by atoms with Gasteiger partial charge in [0, 0.05) is 0 Å². The minimum atomic E-state index is 0.494. The molecular weight excluding hydrogens is 208 g/mol. The van der Waals surface area contributed by atoms with Crippen LogP contribution in [0.4, 0.5) is 0 Å². The summed E-state index contributed by atoms with van der Waals surface area (Å²) >= 11 is 0. The SMILES string of the molecule is C=CC1CCC(C2=COC(CCC)CC2)CC1. The molecule has 0 aromatic carbocycles. The predicted molar refractivity (Wildman–Crippen MR) is 72.7 cm³/mol. The third-order valence-electron chi connectivity index (χ3n) is 4.41. The van der Waals surface area contributed by atoms with E-state index in [-0.39, 0.29) is 0 Å². The van der Waals surface area contributed by atoms with E-state index in [4.69, 9.17) is 4.74 Å². The first-order valence-corrected chi connectivity index (χ1v) is 7.30. The number of rotatable bonds is 4. The van der Waals surface area contributed by atoms with Gasteiger partial charge in [0.15, 0.2) is 0 Å². The lowest BCUT2D eigenvalue weighted by molar-refractivity contribution is 0.104. The fourth-order valence-electron chi connectivity index (χ4n) is 3.20. The largest absolute Gasteiger partial charge is 0.498 e. The molecule has 1 heterocycles. The van der Waals surface area contributed by atoms with Crippen molar-refractivity contribution in [1.82, 2.24) is 0 Å². The highest BCUT2D eigenvalue weighted by atomic mass is 16.5. The predicted octanol–water partition coefficient (Wildman–Crippen LogP) is 4.84. The van der Waals surface area contributed by atoms with Crippen LogP contribution in [-0.4, -0.2) is 6.10 Å². The molecule has 1 heteroatoms. The van der Waals surface area contributed by atoms with Crippen LogP contribution >= 0.6 is 0 Å². The first-order chi connectivity index (χ1) is 8.33. The van der Waals surface area contributed by atoms with Crippen molar-refractivity contribution < 1.29 is 4.74 Å². The summed E-state index contributed by atoms with van der Waals surface area (Å²) in [6.45, 7) is 6.15. The van der Waals surface area contributed by atoms with Gasteiger partial charge in [0.1, 0.15) is 0 Å². The molecule has 96 valence electrons. The summed E-state index contributed by atoms with van der Waals surface area (Å²) < 4.78 is 5.86. The van der Waals surface area contributed by atoms with Crippen LogP contribution < -0.4 is 0 Å². The molecule has 0 amide bonds. The molecule has 1 fully saturated rings. The highest BCUT2D eigenvalue weighted by molar-refractivity contribution is 5.08. The quantitative estimate of drug-likeness (QED) is 0.632. The summed E-state index contributed by atoms with van der Waals surface area (Å²) in [5, 5.41) is 0. The lowest BCUT2D eigenvalue weighted by Gasteiger charge is -2.31. The van der Waals surface area contributed by atoms with Crippen molar-refractivity contribution in [2.75, 3.05) is 0 Å². The van der Waals surface area contributed by atoms with Crippen molar-refractivity contribution in [1.29, 1.82) is 0 Å². The third-order valence-corrected chi connectivity index (χ3v) is 4.41. The van der Waals surface area contributed by atoms with E-state index in [0.717, 1.165) is 11.8 Å². The second-order valence-electron chi connectivity index (χ2n) is 5.63. The Balaban J connectivity index is 1.82. The Bertz CT molecular complexity index is 271. The molecule has 1 atom stereocenters. The second kappa shape index (κ2) is 6.28. The van der Waals surface area contributed by atoms with E-state index >= 15 is 0 Å². The Morgan fingerprint density at radius 3 is 2.59 bits per heavy atom. The van der Waals surface area contributed by atoms with Crippen LogP contribution in [0.1, 0.15) is 58.3 Å². The molecule has 0 aromatic rings. The zero-order chi connectivity index (χ0) is 12.1. The van der Waals surface area contributed by atoms with E-state index in [9.17, 15) is 0 Å². The first kappa shape index (κ1) is 12.7. The van der Waals surface area contributed by atoms with E-state index in [2.05, 4.69) is 25.8 Å². The lowest BCUT2D eigenvalue weighted by Crippen LogP contribution is -2.20. The van der Waals surface area contributed by atoms with E-state index in [1.54, 1.807) is 5.57 Å². The zero-order valence-corrected chi connectivity index (χ0v) is 11.2. The van der Waals surface area contributed by atoms with E-state index in [1.807, 2.05) is 0 Å². The maximum atomic E-state index is 5.86. The molecule has 0 N–H and O–H groups in total. The van der Waals surface area contributed by atoms with E-state index in [0.29, 0.717) is 6.10 Å². The van der Waals surface area contributed by atoms with E-state index in [1.165, 1.54) is 51.4 Å². The Morgan fingerprint density at radius 2 is 2.06 bits per heavy atom. The summed E-state index contributed by atoms with van der Waals surface area (Å²) in [7, 11) is 0. The molecule has 2 aliphatic rings. The van der Waals surface area contributed by atoms with Crippen LogP contribution in [0.5, 0.6) is 0 Å². The Hall–Kier alpha value is -0.720. The first-order valence-electron chi connectivity index (χ1n) is 7.30. The standard InChI is InChI=1S/C16H26O/c1-3-5-16-11-10-15(12-17-16)14-8-6-13(4-2)7-9-14/h4,12-14,16H,2-3,5-11H2,1H3. The van der Waals surface area contributed by atoms with Gasteiger partial charge in [0.25, 0.3) is 0 Å². The molecule has 1 unspecified atom stereocenters. The molecule has 0 saturated heterocycles. The minimum absolute atomic E-state index is 0.494. The molecule has 17 heavy (non-hydrogen) atoms. The van der Waals surface area contributed by atoms with Crippen LogP contribution in [-0.2, 0) is 4.74 Å². The van der Waals surface area contributed by atoms with Gasteiger partial charge in [0.05, 0.1) is 12.4 Å². The van der Waals surface area contributed by atoms with Crippen molar-refractivity contribution in [2.45, 2.75) is 64.4 Å². The lowest BCUT2D eigenvalue weighted by atomic mass is 9.77. The zero-order valence-electron chi connectivity index (χ0n) is 11.2. The van der Waals surface area contributed by atoms with Crippen LogP contribution in [0.15, 0.2) is 24.5 Å². The maximum Gasteiger partial charge on any atom is 0.0981 e. The number of allylic oxidation sites excluding steroid dienone is 2. The van der Waals surface area contributed by atoms with Gasteiger partial charge in [-0.2, -0.15) is 0 Å². The molecule has 0 radical (unpaired) electrons. The molecule has 1 saturated carbocycles. The van der Waals surface area contributed by atoms with Gasteiger partial charge in [-0.05, 0) is 62.4 Å². The normalized spacial score (nSPS) is 33.7. The van der Waals surface area contributed by atoms with Crippen molar-refractivity contribution in [2.24, 2.45) is 11.8 Å². The molecule has 0 bridgehead atoms. The third kappa shape index (κ3) is 3.37. The fourth-order valence-corrected chi connectivity index (χ4v) is 3.20. The molecule has 1 aliphatic carbocycles. The summed E-state index contributed by atoms with van der Waals surface area (Å²) in [4.78, 5) is 0. The Morgan fingerprint density at radius 1 is 1.29 bits per heavy atom. The van der Waals surface area contributed by atoms with Crippen molar-refractivity contribution >= 4 is 0 Å². The van der Waals surface area contributed by atoms with Crippen LogP contribution in [0.3, 0.4) is 0 Å². The number of hydrogen-bond donors (Lipinski definition) is 0. The van der Waals surface area contributed by atoms with Gasteiger partial charge in [-0.1, -0.05) is 19.4 Å². The topological polar surface area (TPSA) is 9.23 Å². The Labute approximate surface area is 106 Å². The van der Waals surface area contributed by atoms with Gasteiger partial charge >= 0.3 is 0 Å². The smallest absolute Gasteiger partial charge is 0.0981 e. The Kier molecular flexibility index (Phi) is 4.70. The van der Waals surface area contributed by atoms with Crippen LogP contribution in [0.2, 0.25) is 0 Å². The van der Waals surface area contributed by atoms with Crippen LogP contribution in [0.25, 0.3) is 0 Å². The molecule has 1 nitrogen and oxygen atoms in total.